The molecule has 0 saturated heterocycles. The van der Waals surface area contributed by atoms with E-state index >= 15 is 0 Å². The highest BCUT2D eigenvalue weighted by molar-refractivity contribution is 9.10. The molecule has 1 atom stereocenters. The molecule has 0 aromatic heterocycles. The molecule has 0 radical (unpaired) electrons. The lowest BCUT2D eigenvalue weighted by molar-refractivity contribution is 0.577. The molecule has 1 unspecified atom stereocenters. The lowest BCUT2D eigenvalue weighted by Gasteiger charge is -2.20. The topological polar surface area (TPSA) is 12.0 Å². The summed E-state index contributed by atoms with van der Waals surface area (Å²) in [6.07, 6.45) is 0.728. The smallest absolute Gasteiger partial charge is 0.137 e. The molecule has 20 heavy (non-hydrogen) atoms. The maximum Gasteiger partial charge on any atom is 0.137 e. The van der Waals surface area contributed by atoms with Crippen LogP contribution in [0.2, 0.25) is 0 Å². The van der Waals surface area contributed by atoms with Crippen molar-refractivity contribution in [1.29, 1.82) is 0 Å². The van der Waals surface area contributed by atoms with Crippen LogP contribution in [0, 0.1) is 12.7 Å². The maximum atomic E-state index is 13.6. The van der Waals surface area contributed by atoms with Crippen LogP contribution in [-0.4, -0.2) is 7.05 Å². The summed E-state index contributed by atoms with van der Waals surface area (Å²) in [5.41, 5.74) is 3.39. The summed E-state index contributed by atoms with van der Waals surface area (Å²) >= 11 is 6.89. The summed E-state index contributed by atoms with van der Waals surface area (Å²) in [6, 6.07) is 11.5. The van der Waals surface area contributed by atoms with Crippen LogP contribution in [0.25, 0.3) is 0 Å². The third-order valence-electron chi connectivity index (χ3n) is 3.49. The minimum Gasteiger partial charge on any atom is -0.313 e. The van der Waals surface area contributed by atoms with E-state index in [2.05, 4.69) is 50.2 Å². The quantitative estimate of drug-likeness (QED) is 0.747. The Morgan fingerprint density at radius 1 is 1.15 bits per heavy atom. The van der Waals surface area contributed by atoms with Crippen molar-refractivity contribution >= 4 is 31.9 Å². The van der Waals surface area contributed by atoms with Crippen LogP contribution in [0.5, 0.6) is 0 Å². The van der Waals surface area contributed by atoms with Crippen LogP contribution in [-0.2, 0) is 6.42 Å². The Labute approximate surface area is 135 Å². The van der Waals surface area contributed by atoms with E-state index in [1.807, 2.05) is 25.2 Å². The third-order valence-corrected chi connectivity index (χ3v) is 5.24. The van der Waals surface area contributed by atoms with Gasteiger partial charge in [-0.2, -0.15) is 0 Å². The molecule has 0 aliphatic heterocycles. The van der Waals surface area contributed by atoms with Crippen LogP contribution in [0.1, 0.15) is 22.7 Å². The van der Waals surface area contributed by atoms with Gasteiger partial charge in [-0.3, -0.25) is 0 Å². The predicted octanol–water partition coefficient (Wildman–Crippen LogP) is 5.16. The van der Waals surface area contributed by atoms with Gasteiger partial charge in [0.05, 0.1) is 4.47 Å². The van der Waals surface area contributed by atoms with Gasteiger partial charge in [-0.25, -0.2) is 4.39 Å². The second-order valence-electron chi connectivity index (χ2n) is 4.71. The zero-order valence-corrected chi connectivity index (χ0v) is 14.6. The van der Waals surface area contributed by atoms with Crippen molar-refractivity contribution < 1.29 is 4.39 Å². The second-order valence-corrected chi connectivity index (χ2v) is 6.36. The van der Waals surface area contributed by atoms with Crippen molar-refractivity contribution in [1.82, 2.24) is 5.32 Å². The van der Waals surface area contributed by atoms with E-state index in [0.717, 1.165) is 16.5 Å². The predicted molar refractivity (Wildman–Crippen MR) is 88.5 cm³/mol. The fourth-order valence-electron chi connectivity index (χ4n) is 2.30. The van der Waals surface area contributed by atoms with Gasteiger partial charge >= 0.3 is 0 Å². The Bertz CT molecular complexity index is 613. The molecule has 106 valence electrons. The molecule has 0 amide bonds. The van der Waals surface area contributed by atoms with Gasteiger partial charge in [0, 0.05) is 10.5 Å². The summed E-state index contributed by atoms with van der Waals surface area (Å²) in [5.74, 6) is -0.219. The number of hydrogen-bond acceptors (Lipinski definition) is 1. The van der Waals surface area contributed by atoms with Crippen LogP contribution in [0.15, 0.2) is 45.3 Å². The van der Waals surface area contributed by atoms with Gasteiger partial charge in [0.1, 0.15) is 5.82 Å². The van der Waals surface area contributed by atoms with E-state index < -0.39 is 0 Å². The van der Waals surface area contributed by atoms with Crippen LogP contribution < -0.4 is 5.32 Å². The molecule has 1 N–H and O–H groups in total. The average molecular weight is 401 g/mol. The molecular weight excluding hydrogens is 385 g/mol. The Morgan fingerprint density at radius 3 is 2.55 bits per heavy atom. The molecule has 4 heteroatoms. The van der Waals surface area contributed by atoms with Crippen molar-refractivity contribution in [3.63, 3.8) is 0 Å². The molecule has 2 rings (SSSR count). The van der Waals surface area contributed by atoms with Gasteiger partial charge in [-0.15, -0.1) is 0 Å². The fraction of sp³-hybridized carbons (Fsp3) is 0.250. The number of benzene rings is 2. The highest BCUT2D eigenvalue weighted by atomic mass is 79.9. The molecule has 0 aliphatic carbocycles. The van der Waals surface area contributed by atoms with Gasteiger partial charge in [-0.05, 0) is 65.1 Å². The number of halogens is 3. The zero-order chi connectivity index (χ0) is 14.7. The molecule has 2 aromatic carbocycles. The molecular formula is C16H16Br2FN. The molecule has 0 fully saturated rings. The number of hydrogen-bond donors (Lipinski definition) is 1. The largest absolute Gasteiger partial charge is 0.313 e. The first-order valence-electron chi connectivity index (χ1n) is 6.39. The Balaban J connectivity index is 2.34. The minimum absolute atomic E-state index is 0.144. The SMILES string of the molecule is CNC(Cc1cccc(F)c1Br)c1cccc(Br)c1C. The van der Waals surface area contributed by atoms with Gasteiger partial charge in [0.15, 0.2) is 0 Å². The van der Waals surface area contributed by atoms with Crippen molar-refractivity contribution in [3.8, 4) is 0 Å². The number of likely N-dealkylation sites (N-methyl/N-ethyl adjacent to an activating group) is 1. The maximum absolute atomic E-state index is 13.6. The Kier molecular flexibility index (Phi) is 5.35. The van der Waals surface area contributed by atoms with E-state index in [4.69, 9.17) is 0 Å². The zero-order valence-electron chi connectivity index (χ0n) is 11.4. The lowest BCUT2D eigenvalue weighted by Crippen LogP contribution is -2.20. The van der Waals surface area contributed by atoms with Gasteiger partial charge in [0.2, 0.25) is 0 Å². The first kappa shape index (κ1) is 15.7. The average Bonchev–Trinajstić information content (AvgIpc) is 2.44. The second kappa shape index (κ2) is 6.83. The van der Waals surface area contributed by atoms with E-state index in [-0.39, 0.29) is 11.9 Å². The summed E-state index contributed by atoms with van der Waals surface area (Å²) in [7, 11) is 1.93. The van der Waals surface area contributed by atoms with E-state index in [1.54, 1.807) is 6.07 Å². The number of rotatable bonds is 4. The van der Waals surface area contributed by atoms with Crippen molar-refractivity contribution in [2.24, 2.45) is 0 Å². The number of nitrogens with one attached hydrogen (secondary N) is 1. The molecule has 0 spiro atoms. The Hall–Kier alpha value is -0.710. The standard InChI is InChI=1S/C16H16Br2FN/c1-10-12(6-4-7-13(10)17)15(20-2)9-11-5-3-8-14(19)16(11)18/h3-8,15,20H,9H2,1-2H3. The first-order valence-corrected chi connectivity index (χ1v) is 7.98. The molecule has 0 saturated carbocycles. The normalized spacial score (nSPS) is 12.4. The first-order chi connectivity index (χ1) is 9.54. The molecule has 1 nitrogen and oxygen atoms in total. The molecule has 2 aromatic rings. The monoisotopic (exact) mass is 399 g/mol. The van der Waals surface area contributed by atoms with Gasteiger partial charge in [-0.1, -0.05) is 40.2 Å². The van der Waals surface area contributed by atoms with Crippen molar-refractivity contribution in [2.45, 2.75) is 19.4 Å². The van der Waals surface area contributed by atoms with Crippen LogP contribution in [0.3, 0.4) is 0 Å². The highest BCUT2D eigenvalue weighted by Crippen LogP contribution is 2.29. The fourth-order valence-corrected chi connectivity index (χ4v) is 3.10. The van der Waals surface area contributed by atoms with Crippen LogP contribution in [0.4, 0.5) is 4.39 Å². The minimum atomic E-state index is -0.219. The summed E-state index contributed by atoms with van der Waals surface area (Å²) in [4.78, 5) is 0. The van der Waals surface area contributed by atoms with E-state index in [1.165, 1.54) is 17.2 Å². The summed E-state index contributed by atoms with van der Waals surface area (Å²) < 4.78 is 15.2. The van der Waals surface area contributed by atoms with E-state index in [0.29, 0.717) is 4.47 Å². The molecule has 0 bridgehead atoms. The summed E-state index contributed by atoms with van der Waals surface area (Å²) in [6.45, 7) is 2.09. The lowest BCUT2D eigenvalue weighted by atomic mass is 9.95. The van der Waals surface area contributed by atoms with Gasteiger partial charge < -0.3 is 5.32 Å². The summed E-state index contributed by atoms with van der Waals surface area (Å²) in [5, 5.41) is 3.32. The third kappa shape index (κ3) is 3.30. The molecule has 0 heterocycles. The highest BCUT2D eigenvalue weighted by Gasteiger charge is 2.16. The Morgan fingerprint density at radius 2 is 1.85 bits per heavy atom. The van der Waals surface area contributed by atoms with E-state index in [9.17, 15) is 4.39 Å². The van der Waals surface area contributed by atoms with Crippen molar-refractivity contribution in [2.75, 3.05) is 7.05 Å². The molecule has 0 aliphatic rings. The van der Waals surface area contributed by atoms with Crippen LogP contribution >= 0.6 is 31.9 Å². The van der Waals surface area contributed by atoms with Gasteiger partial charge in [0.25, 0.3) is 0 Å². The van der Waals surface area contributed by atoms with Crippen molar-refractivity contribution in [3.05, 3.63) is 67.9 Å².